The number of nitrogens with two attached hydrogens (primary N) is 1. The summed E-state index contributed by atoms with van der Waals surface area (Å²) in [6.45, 7) is 3.94. The number of nitrogen functional groups attached to an aromatic ring is 1. The Labute approximate surface area is 116 Å². The molecule has 1 amide bonds. The number of nitrogens with one attached hydrogen (secondary N) is 1. The number of halogens is 1. The van der Waals surface area contributed by atoms with Crippen LogP contribution in [0, 0.1) is 13.8 Å². The number of aryl methyl sites for hydroxylation is 2. The summed E-state index contributed by atoms with van der Waals surface area (Å²) in [7, 11) is 0. The van der Waals surface area contributed by atoms with Gasteiger partial charge in [-0.25, -0.2) is 4.98 Å². The quantitative estimate of drug-likeness (QED) is 0.884. The number of aromatic nitrogens is 1. The maximum atomic E-state index is 12.1. The first-order valence-electron chi connectivity index (χ1n) is 5.76. The lowest BCUT2D eigenvalue weighted by Gasteiger charge is -2.09. The molecule has 0 radical (unpaired) electrons. The van der Waals surface area contributed by atoms with Crippen LogP contribution in [-0.2, 0) is 0 Å². The van der Waals surface area contributed by atoms with Crippen molar-refractivity contribution in [1.82, 2.24) is 4.98 Å². The van der Waals surface area contributed by atoms with Gasteiger partial charge in [-0.2, -0.15) is 0 Å². The van der Waals surface area contributed by atoms with Gasteiger partial charge in [0.2, 0.25) is 0 Å². The minimum atomic E-state index is -0.302. The van der Waals surface area contributed by atoms with E-state index in [0.717, 1.165) is 16.8 Å². The lowest BCUT2D eigenvalue weighted by atomic mass is 10.1. The summed E-state index contributed by atoms with van der Waals surface area (Å²) in [6, 6.07) is 7.28. The summed E-state index contributed by atoms with van der Waals surface area (Å²) >= 11 is 5.94. The Morgan fingerprint density at radius 2 is 1.84 bits per heavy atom. The van der Waals surface area contributed by atoms with E-state index < -0.39 is 0 Å². The summed E-state index contributed by atoms with van der Waals surface area (Å²) in [5.74, 6) is -0.0425. The van der Waals surface area contributed by atoms with E-state index in [0.29, 0.717) is 5.56 Å². The Kier molecular flexibility index (Phi) is 3.71. The molecule has 5 heteroatoms. The smallest absolute Gasteiger partial charge is 0.257 e. The highest BCUT2D eigenvalue weighted by Crippen LogP contribution is 2.19. The molecule has 0 aliphatic carbocycles. The van der Waals surface area contributed by atoms with E-state index in [9.17, 15) is 4.79 Å². The highest BCUT2D eigenvalue weighted by molar-refractivity contribution is 6.34. The number of rotatable bonds is 2. The molecular weight excluding hydrogens is 262 g/mol. The van der Waals surface area contributed by atoms with Crippen LogP contribution in [0.2, 0.25) is 5.02 Å². The van der Waals surface area contributed by atoms with Crippen LogP contribution < -0.4 is 11.1 Å². The predicted molar refractivity (Wildman–Crippen MR) is 77.5 cm³/mol. The van der Waals surface area contributed by atoms with E-state index in [1.807, 2.05) is 32.0 Å². The molecule has 3 N–H and O–H groups in total. The number of nitrogens with zero attached hydrogens (tertiary/aromatic N) is 1. The number of carbonyl (C=O) groups excluding carboxylic acids is 1. The second-order valence-electron chi connectivity index (χ2n) is 4.42. The minimum absolute atomic E-state index is 0.259. The first kappa shape index (κ1) is 13.4. The van der Waals surface area contributed by atoms with Crippen LogP contribution in [0.15, 0.2) is 30.5 Å². The minimum Gasteiger partial charge on any atom is -0.384 e. The van der Waals surface area contributed by atoms with E-state index in [-0.39, 0.29) is 16.7 Å². The zero-order valence-corrected chi connectivity index (χ0v) is 11.5. The maximum absolute atomic E-state index is 12.1. The van der Waals surface area contributed by atoms with Crippen LogP contribution in [0.4, 0.5) is 11.5 Å². The van der Waals surface area contributed by atoms with Gasteiger partial charge in [0.25, 0.3) is 5.91 Å². The molecule has 2 rings (SSSR count). The Bertz CT molecular complexity index is 620. The van der Waals surface area contributed by atoms with Crippen molar-refractivity contribution < 1.29 is 4.79 Å². The van der Waals surface area contributed by atoms with Gasteiger partial charge in [-0.1, -0.05) is 17.7 Å². The molecule has 0 aliphatic heterocycles. The lowest BCUT2D eigenvalue weighted by Crippen LogP contribution is -2.13. The van der Waals surface area contributed by atoms with Crippen molar-refractivity contribution in [2.24, 2.45) is 0 Å². The standard InChI is InChI=1S/C14H14ClN3O/c1-8-3-9(2)5-10(4-8)18-14(19)11-6-13(16)17-7-12(11)15/h3-7H,1-2H3,(H2,16,17)(H,18,19). The zero-order valence-electron chi connectivity index (χ0n) is 10.7. The fourth-order valence-electron chi connectivity index (χ4n) is 1.87. The fourth-order valence-corrected chi connectivity index (χ4v) is 2.06. The summed E-state index contributed by atoms with van der Waals surface area (Å²) in [6.07, 6.45) is 1.37. The molecule has 98 valence electrons. The molecule has 1 heterocycles. The van der Waals surface area contributed by atoms with E-state index in [1.54, 1.807) is 0 Å². The Balaban J connectivity index is 2.28. The third-order valence-corrected chi connectivity index (χ3v) is 2.90. The molecule has 0 saturated carbocycles. The van der Waals surface area contributed by atoms with E-state index in [1.165, 1.54) is 12.3 Å². The predicted octanol–water partition coefficient (Wildman–Crippen LogP) is 3.19. The third-order valence-electron chi connectivity index (χ3n) is 2.60. The highest BCUT2D eigenvalue weighted by atomic mass is 35.5. The summed E-state index contributed by atoms with van der Waals surface area (Å²) in [5.41, 5.74) is 8.76. The van der Waals surface area contributed by atoms with Gasteiger partial charge in [-0.15, -0.1) is 0 Å². The Morgan fingerprint density at radius 3 is 2.47 bits per heavy atom. The monoisotopic (exact) mass is 275 g/mol. The molecule has 4 nitrogen and oxygen atoms in total. The SMILES string of the molecule is Cc1cc(C)cc(NC(=O)c2cc(N)ncc2Cl)c1. The molecule has 0 unspecified atom stereocenters. The molecular formula is C14H14ClN3O. The topological polar surface area (TPSA) is 68.0 Å². The van der Waals surface area contributed by atoms with E-state index >= 15 is 0 Å². The van der Waals surface area contributed by atoms with Crippen molar-refractivity contribution in [2.75, 3.05) is 11.1 Å². The third kappa shape index (κ3) is 3.23. The average Bonchev–Trinajstić information content (AvgIpc) is 2.30. The Morgan fingerprint density at radius 1 is 1.21 bits per heavy atom. The summed E-state index contributed by atoms with van der Waals surface area (Å²) in [4.78, 5) is 16.0. The van der Waals surface area contributed by atoms with Crippen molar-refractivity contribution >= 4 is 29.0 Å². The van der Waals surface area contributed by atoms with E-state index in [4.69, 9.17) is 17.3 Å². The molecule has 0 spiro atoms. The number of benzene rings is 1. The summed E-state index contributed by atoms with van der Waals surface area (Å²) in [5, 5.41) is 3.08. The number of hydrogen-bond donors (Lipinski definition) is 2. The zero-order chi connectivity index (χ0) is 14.0. The molecule has 19 heavy (non-hydrogen) atoms. The van der Waals surface area contributed by atoms with Crippen LogP contribution in [-0.4, -0.2) is 10.9 Å². The maximum Gasteiger partial charge on any atom is 0.257 e. The Hall–Kier alpha value is -2.07. The largest absolute Gasteiger partial charge is 0.384 e. The number of amides is 1. The average molecular weight is 276 g/mol. The molecule has 0 saturated heterocycles. The number of pyridine rings is 1. The van der Waals surface area contributed by atoms with Crippen molar-refractivity contribution in [3.63, 3.8) is 0 Å². The van der Waals surface area contributed by atoms with Gasteiger partial charge in [-0.05, 0) is 43.2 Å². The van der Waals surface area contributed by atoms with Gasteiger partial charge in [0, 0.05) is 11.9 Å². The van der Waals surface area contributed by atoms with Gasteiger partial charge < -0.3 is 11.1 Å². The number of hydrogen-bond acceptors (Lipinski definition) is 3. The second-order valence-corrected chi connectivity index (χ2v) is 4.83. The van der Waals surface area contributed by atoms with Crippen molar-refractivity contribution in [1.29, 1.82) is 0 Å². The molecule has 0 atom stereocenters. The van der Waals surface area contributed by atoms with Crippen LogP contribution in [0.25, 0.3) is 0 Å². The molecule has 0 aliphatic rings. The van der Waals surface area contributed by atoms with Gasteiger partial charge >= 0.3 is 0 Å². The second kappa shape index (κ2) is 5.28. The van der Waals surface area contributed by atoms with Crippen molar-refractivity contribution in [2.45, 2.75) is 13.8 Å². The molecule has 0 bridgehead atoms. The van der Waals surface area contributed by atoms with Crippen LogP contribution in [0.1, 0.15) is 21.5 Å². The van der Waals surface area contributed by atoms with Crippen molar-refractivity contribution in [3.05, 3.63) is 52.2 Å². The lowest BCUT2D eigenvalue weighted by molar-refractivity contribution is 0.102. The van der Waals surface area contributed by atoms with Gasteiger partial charge in [0.1, 0.15) is 5.82 Å². The fraction of sp³-hybridized carbons (Fsp3) is 0.143. The normalized spacial score (nSPS) is 10.3. The molecule has 1 aromatic carbocycles. The summed E-state index contributed by atoms with van der Waals surface area (Å²) < 4.78 is 0. The van der Waals surface area contributed by atoms with Gasteiger partial charge in [-0.3, -0.25) is 4.79 Å². The molecule has 1 aromatic heterocycles. The van der Waals surface area contributed by atoms with Crippen molar-refractivity contribution in [3.8, 4) is 0 Å². The van der Waals surface area contributed by atoms with Crippen LogP contribution in [0.5, 0.6) is 0 Å². The number of anilines is 2. The first-order valence-corrected chi connectivity index (χ1v) is 6.14. The highest BCUT2D eigenvalue weighted by Gasteiger charge is 2.12. The van der Waals surface area contributed by atoms with Gasteiger partial charge in [0.15, 0.2) is 0 Å². The van der Waals surface area contributed by atoms with Crippen LogP contribution in [0.3, 0.4) is 0 Å². The number of carbonyl (C=O) groups is 1. The van der Waals surface area contributed by atoms with E-state index in [2.05, 4.69) is 10.3 Å². The molecule has 0 fully saturated rings. The molecule has 2 aromatic rings. The first-order chi connectivity index (χ1) is 8.95. The van der Waals surface area contributed by atoms with Gasteiger partial charge in [0.05, 0.1) is 10.6 Å². The van der Waals surface area contributed by atoms with Crippen LogP contribution >= 0.6 is 11.6 Å².